The minimum absolute atomic E-state index is 0.609. The number of nitrogens with one attached hydrogen (secondary N) is 2. The number of hydrogen-bond acceptors (Lipinski definition) is 2. The summed E-state index contributed by atoms with van der Waals surface area (Å²) in [5.74, 6) is 0.691. The number of hydrogen-bond donors (Lipinski definition) is 3. The summed E-state index contributed by atoms with van der Waals surface area (Å²) in [5, 5.41) is 5.15. The van der Waals surface area contributed by atoms with E-state index < -0.39 is 0 Å². The summed E-state index contributed by atoms with van der Waals surface area (Å²) in [5.41, 5.74) is 11.4. The van der Waals surface area contributed by atoms with E-state index in [1.54, 1.807) is 0 Å². The van der Waals surface area contributed by atoms with Crippen LogP contribution in [0.2, 0.25) is 0 Å². The van der Waals surface area contributed by atoms with E-state index in [0.29, 0.717) is 18.5 Å². The zero-order valence-electron chi connectivity index (χ0n) is 10.5. The van der Waals surface area contributed by atoms with Crippen LogP contribution in [0.3, 0.4) is 0 Å². The van der Waals surface area contributed by atoms with Gasteiger partial charge in [0.2, 0.25) is 0 Å². The molecule has 4 rings (SSSR count). The average molecular weight is 241 g/mol. The third-order valence-corrected chi connectivity index (χ3v) is 4.66. The van der Waals surface area contributed by atoms with Crippen LogP contribution < -0.4 is 11.1 Å². The normalized spacial score (nSPS) is 26.3. The first kappa shape index (κ1) is 10.6. The number of fused-ring (bicyclic) bond motifs is 2. The van der Waals surface area contributed by atoms with E-state index in [-0.39, 0.29) is 0 Å². The van der Waals surface area contributed by atoms with Crippen molar-refractivity contribution in [2.24, 2.45) is 5.73 Å². The van der Waals surface area contributed by atoms with Gasteiger partial charge in [0.05, 0.1) is 0 Å². The van der Waals surface area contributed by atoms with Crippen molar-refractivity contribution in [1.82, 2.24) is 10.3 Å². The first-order valence-corrected chi connectivity index (χ1v) is 6.94. The quantitative estimate of drug-likeness (QED) is 0.715. The Morgan fingerprint density at radius 1 is 1.33 bits per heavy atom. The van der Waals surface area contributed by atoms with Gasteiger partial charge in [-0.25, -0.2) is 0 Å². The van der Waals surface area contributed by atoms with E-state index in [0.717, 1.165) is 13.0 Å². The van der Waals surface area contributed by atoms with Crippen LogP contribution in [0.4, 0.5) is 0 Å². The van der Waals surface area contributed by atoms with Gasteiger partial charge in [0, 0.05) is 35.1 Å². The number of H-pyrrole nitrogens is 1. The molecule has 1 fully saturated rings. The van der Waals surface area contributed by atoms with E-state index in [4.69, 9.17) is 5.73 Å². The van der Waals surface area contributed by atoms with Crippen molar-refractivity contribution in [2.45, 2.75) is 37.8 Å². The number of piperidine rings is 1. The third kappa shape index (κ3) is 1.32. The lowest BCUT2D eigenvalue weighted by atomic mass is 9.75. The second-order valence-electron chi connectivity index (χ2n) is 5.57. The van der Waals surface area contributed by atoms with Crippen LogP contribution in [0.5, 0.6) is 0 Å². The minimum Gasteiger partial charge on any atom is -0.357 e. The monoisotopic (exact) mass is 241 g/mol. The second-order valence-corrected chi connectivity index (χ2v) is 5.57. The molecule has 1 saturated heterocycles. The number of nitrogens with two attached hydrogens (primary N) is 1. The number of aromatic nitrogens is 1. The predicted octanol–water partition coefficient (Wildman–Crippen LogP) is 2.02. The van der Waals surface area contributed by atoms with Crippen molar-refractivity contribution in [3.63, 3.8) is 0 Å². The maximum atomic E-state index is 5.88. The molecule has 1 unspecified atom stereocenters. The summed E-state index contributed by atoms with van der Waals surface area (Å²) >= 11 is 0. The van der Waals surface area contributed by atoms with Crippen LogP contribution in [-0.4, -0.2) is 17.6 Å². The zero-order valence-corrected chi connectivity index (χ0v) is 10.5. The molecule has 1 aromatic carbocycles. The van der Waals surface area contributed by atoms with Gasteiger partial charge in [-0.05, 0) is 43.0 Å². The van der Waals surface area contributed by atoms with Crippen LogP contribution in [0, 0.1) is 0 Å². The fourth-order valence-corrected chi connectivity index (χ4v) is 3.87. The summed E-state index contributed by atoms with van der Waals surface area (Å²) in [6.07, 6.45) is 3.74. The van der Waals surface area contributed by atoms with Gasteiger partial charge in [0.25, 0.3) is 0 Å². The molecule has 0 radical (unpaired) electrons. The molecule has 3 heteroatoms. The first-order chi connectivity index (χ1) is 8.88. The highest BCUT2D eigenvalue weighted by Gasteiger charge is 2.33. The Balaban J connectivity index is 1.98. The summed E-state index contributed by atoms with van der Waals surface area (Å²) in [6, 6.07) is 7.27. The highest BCUT2D eigenvalue weighted by molar-refractivity contribution is 5.89. The van der Waals surface area contributed by atoms with Crippen molar-refractivity contribution in [2.75, 3.05) is 6.54 Å². The Morgan fingerprint density at radius 2 is 2.28 bits per heavy atom. The summed E-state index contributed by atoms with van der Waals surface area (Å²) in [7, 11) is 0. The van der Waals surface area contributed by atoms with E-state index in [9.17, 15) is 0 Å². The Kier molecular flexibility index (Phi) is 2.26. The van der Waals surface area contributed by atoms with Crippen molar-refractivity contribution in [3.05, 3.63) is 35.0 Å². The molecule has 1 aliphatic carbocycles. The fourth-order valence-electron chi connectivity index (χ4n) is 3.87. The largest absolute Gasteiger partial charge is 0.357 e. The lowest BCUT2D eigenvalue weighted by molar-refractivity contribution is 0.345. The lowest BCUT2D eigenvalue weighted by Gasteiger charge is -2.37. The Hall–Kier alpha value is -1.32. The van der Waals surface area contributed by atoms with Gasteiger partial charge in [-0.2, -0.15) is 0 Å². The Morgan fingerprint density at radius 3 is 3.17 bits per heavy atom. The first-order valence-electron chi connectivity index (χ1n) is 6.94. The third-order valence-electron chi connectivity index (χ3n) is 4.66. The van der Waals surface area contributed by atoms with Gasteiger partial charge < -0.3 is 16.0 Å². The Labute approximate surface area is 107 Å². The molecule has 94 valence electrons. The lowest BCUT2D eigenvalue weighted by Crippen LogP contribution is -2.43. The molecule has 18 heavy (non-hydrogen) atoms. The minimum atomic E-state index is 0.609. The molecule has 1 aliphatic heterocycles. The van der Waals surface area contributed by atoms with E-state index in [1.807, 2.05) is 0 Å². The van der Waals surface area contributed by atoms with Crippen molar-refractivity contribution in [1.29, 1.82) is 0 Å². The maximum absolute atomic E-state index is 5.88. The zero-order chi connectivity index (χ0) is 12.1. The standard InChI is InChI=1S/C15H19N3/c16-8-14-11-7-13-9(4-2-6-17-13)10-3-1-5-12(18-14)15(10)11/h1,3,5,9,13,17-18H,2,4,6-8,16H2/t9?,13-/m1/s1. The molecule has 4 N–H and O–H groups in total. The van der Waals surface area contributed by atoms with Crippen molar-refractivity contribution < 1.29 is 0 Å². The van der Waals surface area contributed by atoms with Crippen molar-refractivity contribution >= 4 is 10.9 Å². The SMILES string of the molecule is NCc1[nH]c2cccc3c2c1C[C@H]1NCCCC31. The average Bonchev–Trinajstić information content (AvgIpc) is 2.79. The smallest absolute Gasteiger partial charge is 0.0462 e. The van der Waals surface area contributed by atoms with Crippen LogP contribution in [0.1, 0.15) is 35.6 Å². The van der Waals surface area contributed by atoms with Gasteiger partial charge in [-0.3, -0.25) is 0 Å². The Bertz CT molecular complexity index is 599. The van der Waals surface area contributed by atoms with Gasteiger partial charge in [-0.1, -0.05) is 12.1 Å². The van der Waals surface area contributed by atoms with Gasteiger partial charge >= 0.3 is 0 Å². The maximum Gasteiger partial charge on any atom is 0.0462 e. The fraction of sp³-hybridized carbons (Fsp3) is 0.467. The molecule has 0 spiro atoms. The van der Waals surface area contributed by atoms with Gasteiger partial charge in [-0.15, -0.1) is 0 Å². The van der Waals surface area contributed by atoms with E-state index in [2.05, 4.69) is 28.5 Å². The predicted molar refractivity (Wildman–Crippen MR) is 73.7 cm³/mol. The second kappa shape index (κ2) is 3.84. The molecular formula is C15H19N3. The van der Waals surface area contributed by atoms with Crippen LogP contribution in [0.25, 0.3) is 10.9 Å². The molecule has 0 bridgehead atoms. The summed E-state index contributed by atoms with van der Waals surface area (Å²) < 4.78 is 0. The van der Waals surface area contributed by atoms with Gasteiger partial charge in [0.15, 0.2) is 0 Å². The molecule has 3 nitrogen and oxygen atoms in total. The highest BCUT2D eigenvalue weighted by atomic mass is 14.9. The number of aromatic amines is 1. The highest BCUT2D eigenvalue weighted by Crippen LogP contribution is 2.41. The van der Waals surface area contributed by atoms with Gasteiger partial charge in [0.1, 0.15) is 0 Å². The van der Waals surface area contributed by atoms with Crippen molar-refractivity contribution in [3.8, 4) is 0 Å². The summed E-state index contributed by atoms with van der Waals surface area (Å²) in [4.78, 5) is 3.50. The van der Waals surface area contributed by atoms with E-state index in [1.165, 1.54) is 40.6 Å². The van der Waals surface area contributed by atoms with Crippen LogP contribution in [-0.2, 0) is 13.0 Å². The van der Waals surface area contributed by atoms with Crippen LogP contribution in [0.15, 0.2) is 18.2 Å². The molecule has 0 amide bonds. The number of benzene rings is 1. The summed E-state index contributed by atoms with van der Waals surface area (Å²) in [6.45, 7) is 1.77. The molecular weight excluding hydrogens is 222 g/mol. The van der Waals surface area contributed by atoms with Crippen LogP contribution >= 0.6 is 0 Å². The van der Waals surface area contributed by atoms with E-state index >= 15 is 0 Å². The molecule has 2 heterocycles. The molecule has 0 saturated carbocycles. The molecule has 2 aliphatic rings. The molecule has 1 aromatic heterocycles. The molecule has 2 atom stereocenters. The molecule has 2 aromatic rings. The number of rotatable bonds is 1. The topological polar surface area (TPSA) is 53.8 Å².